The van der Waals surface area contributed by atoms with E-state index in [2.05, 4.69) is 83.4 Å². The summed E-state index contributed by atoms with van der Waals surface area (Å²) in [5, 5.41) is 0. The van der Waals surface area contributed by atoms with E-state index in [0.29, 0.717) is 13.1 Å². The molecule has 0 unspecified atom stereocenters. The van der Waals surface area contributed by atoms with Crippen molar-refractivity contribution < 1.29 is 9.53 Å². The number of hydrogen-bond acceptors (Lipinski definition) is 3. The van der Waals surface area contributed by atoms with Gasteiger partial charge in [0.15, 0.2) is 0 Å². The van der Waals surface area contributed by atoms with Gasteiger partial charge in [-0.05, 0) is 71.7 Å². The van der Waals surface area contributed by atoms with E-state index in [0.717, 1.165) is 65.2 Å². The van der Waals surface area contributed by atoms with Crippen molar-refractivity contribution in [1.82, 2.24) is 14.5 Å². The van der Waals surface area contributed by atoms with Gasteiger partial charge in [-0.2, -0.15) is 0 Å². The number of ether oxygens (including phenoxy) is 1. The molecule has 1 aliphatic rings. The molecule has 0 atom stereocenters. The predicted octanol–water partition coefficient (Wildman–Crippen LogP) is 8.53. The van der Waals surface area contributed by atoms with Gasteiger partial charge in [-0.15, -0.1) is 0 Å². The van der Waals surface area contributed by atoms with Crippen LogP contribution in [0, 0.1) is 0 Å². The predicted molar refractivity (Wildman–Crippen MR) is 187 cm³/mol. The highest BCUT2D eigenvalue weighted by atomic mass is 16.5. The number of aromatic nitrogens is 2. The summed E-state index contributed by atoms with van der Waals surface area (Å²) in [4.78, 5) is 21.6. The Morgan fingerprint density at radius 1 is 0.723 bits per heavy atom. The van der Waals surface area contributed by atoms with Gasteiger partial charge >= 0.3 is 0 Å². The maximum atomic E-state index is 14.7. The molecule has 1 aromatic heterocycles. The Hall–Kier alpha value is -5.42. The van der Waals surface area contributed by atoms with E-state index < -0.39 is 0 Å². The molecule has 0 aliphatic heterocycles. The summed E-state index contributed by atoms with van der Waals surface area (Å²) in [7, 11) is 1.67. The number of amides is 1. The first-order valence-corrected chi connectivity index (χ1v) is 16.4. The average Bonchev–Trinajstić information content (AvgIpc) is 3.75. The van der Waals surface area contributed by atoms with Crippen LogP contribution in [-0.2, 0) is 38.8 Å². The summed E-state index contributed by atoms with van der Waals surface area (Å²) in [5.41, 5.74) is 9.00. The molecule has 0 saturated heterocycles. The fourth-order valence-electron chi connectivity index (χ4n) is 6.83. The molecule has 0 bridgehead atoms. The molecule has 6 aromatic rings. The minimum Gasteiger partial charge on any atom is -0.497 e. The zero-order valence-corrected chi connectivity index (χ0v) is 26.8. The lowest BCUT2D eigenvalue weighted by molar-refractivity contribution is 0.0724. The highest BCUT2D eigenvalue weighted by Crippen LogP contribution is 2.35. The lowest BCUT2D eigenvalue weighted by atomic mass is 9.98. The number of benzene rings is 5. The molecular weight excluding hydrogens is 578 g/mol. The Morgan fingerprint density at radius 2 is 1.36 bits per heavy atom. The quantitative estimate of drug-likeness (QED) is 0.146. The van der Waals surface area contributed by atoms with Crippen LogP contribution in [0.5, 0.6) is 5.75 Å². The summed E-state index contributed by atoms with van der Waals surface area (Å²) in [6.45, 7) is 0.900. The maximum Gasteiger partial charge on any atom is 0.254 e. The van der Waals surface area contributed by atoms with Gasteiger partial charge in [-0.1, -0.05) is 115 Å². The van der Waals surface area contributed by atoms with Crippen LogP contribution in [0.25, 0.3) is 11.4 Å². The van der Waals surface area contributed by atoms with Crippen LogP contribution in [0.3, 0.4) is 0 Å². The Kier molecular flexibility index (Phi) is 8.96. The number of methoxy groups -OCH3 is 1. The zero-order valence-electron chi connectivity index (χ0n) is 26.8. The molecule has 5 nitrogen and oxygen atoms in total. The van der Waals surface area contributed by atoms with E-state index >= 15 is 0 Å². The van der Waals surface area contributed by atoms with Crippen molar-refractivity contribution in [3.8, 4) is 17.1 Å². The standard InChI is InChI=1S/C42H39N3O2/c1-47-39-24-21-32(22-25-39)29-44(42(46)40-19-11-10-14-33(40)23-20-31-12-4-2-5-13-31)30-38-28-43-41(34-15-6-3-7-16-34)45(38)37-26-35-17-8-9-18-36(35)27-37/h2-19,21-22,24-25,28,37H,20,23,26-27,29-30H2,1H3. The third kappa shape index (κ3) is 6.75. The topological polar surface area (TPSA) is 47.4 Å². The van der Waals surface area contributed by atoms with E-state index in [4.69, 9.17) is 9.72 Å². The van der Waals surface area contributed by atoms with Crippen molar-refractivity contribution in [3.63, 3.8) is 0 Å². The van der Waals surface area contributed by atoms with Gasteiger partial charge in [0.1, 0.15) is 11.6 Å². The minimum atomic E-state index is 0.0215. The van der Waals surface area contributed by atoms with E-state index in [1.807, 2.05) is 65.7 Å². The first-order chi connectivity index (χ1) is 23.2. The fraction of sp³-hybridized carbons (Fsp3) is 0.190. The van der Waals surface area contributed by atoms with Crippen molar-refractivity contribution in [3.05, 3.63) is 179 Å². The van der Waals surface area contributed by atoms with Crippen molar-refractivity contribution in [2.24, 2.45) is 0 Å². The highest BCUT2D eigenvalue weighted by Gasteiger charge is 2.29. The fourth-order valence-corrected chi connectivity index (χ4v) is 6.83. The molecule has 0 N–H and O–H groups in total. The molecule has 0 radical (unpaired) electrons. The Labute approximate surface area is 277 Å². The van der Waals surface area contributed by atoms with Gasteiger partial charge in [0.2, 0.25) is 0 Å². The van der Waals surface area contributed by atoms with Gasteiger partial charge in [0, 0.05) is 23.7 Å². The molecule has 7 rings (SSSR count). The number of rotatable bonds is 11. The summed E-state index contributed by atoms with van der Waals surface area (Å²) in [6.07, 6.45) is 5.51. The third-order valence-electron chi connectivity index (χ3n) is 9.25. The molecule has 1 heterocycles. The van der Waals surface area contributed by atoms with E-state index in [1.165, 1.54) is 16.7 Å². The van der Waals surface area contributed by atoms with Crippen molar-refractivity contribution in [2.45, 2.75) is 44.8 Å². The van der Waals surface area contributed by atoms with Crippen LogP contribution >= 0.6 is 0 Å². The zero-order chi connectivity index (χ0) is 32.0. The Bertz CT molecular complexity index is 1920. The number of carbonyl (C=O) groups is 1. The van der Waals surface area contributed by atoms with Gasteiger partial charge in [-0.25, -0.2) is 4.98 Å². The second-order valence-corrected chi connectivity index (χ2v) is 12.3. The second-order valence-electron chi connectivity index (χ2n) is 12.3. The normalized spacial score (nSPS) is 12.5. The molecule has 0 fully saturated rings. The average molecular weight is 618 g/mol. The van der Waals surface area contributed by atoms with Gasteiger partial charge in [-0.3, -0.25) is 4.79 Å². The molecule has 5 heteroatoms. The van der Waals surface area contributed by atoms with Gasteiger partial charge < -0.3 is 14.2 Å². The molecule has 0 spiro atoms. The number of nitrogens with zero attached hydrogens (tertiary/aromatic N) is 3. The molecule has 1 aliphatic carbocycles. The van der Waals surface area contributed by atoms with Gasteiger partial charge in [0.05, 0.1) is 25.5 Å². The van der Waals surface area contributed by atoms with Crippen molar-refractivity contribution in [1.29, 1.82) is 0 Å². The van der Waals surface area contributed by atoms with Gasteiger partial charge in [0.25, 0.3) is 5.91 Å². The number of hydrogen-bond donors (Lipinski definition) is 0. The Morgan fingerprint density at radius 3 is 2.06 bits per heavy atom. The molecular formula is C42H39N3O2. The number of aryl methyl sites for hydroxylation is 2. The number of imidazole rings is 1. The third-order valence-corrected chi connectivity index (χ3v) is 9.25. The minimum absolute atomic E-state index is 0.0215. The van der Waals surface area contributed by atoms with Crippen LogP contribution in [0.1, 0.15) is 49.9 Å². The molecule has 1 amide bonds. The van der Waals surface area contributed by atoms with Crippen LogP contribution in [0.2, 0.25) is 0 Å². The lowest BCUT2D eigenvalue weighted by Crippen LogP contribution is -2.32. The second kappa shape index (κ2) is 13.9. The van der Waals surface area contributed by atoms with Crippen molar-refractivity contribution in [2.75, 3.05) is 7.11 Å². The van der Waals surface area contributed by atoms with Crippen LogP contribution in [0.4, 0.5) is 0 Å². The van der Waals surface area contributed by atoms with Crippen LogP contribution in [0.15, 0.2) is 140 Å². The van der Waals surface area contributed by atoms with Crippen molar-refractivity contribution >= 4 is 5.91 Å². The van der Waals surface area contributed by atoms with E-state index in [-0.39, 0.29) is 11.9 Å². The molecule has 5 aromatic carbocycles. The number of carbonyl (C=O) groups excluding carboxylic acids is 1. The molecule has 0 saturated carbocycles. The molecule has 234 valence electrons. The first kappa shape index (κ1) is 30.2. The SMILES string of the molecule is COc1ccc(CN(Cc2cnc(-c3ccccc3)n2C2Cc3ccccc3C2)C(=O)c2ccccc2CCc2ccccc2)cc1. The largest absolute Gasteiger partial charge is 0.497 e. The Balaban J connectivity index is 1.25. The monoisotopic (exact) mass is 617 g/mol. The summed E-state index contributed by atoms with van der Waals surface area (Å²) >= 11 is 0. The summed E-state index contributed by atoms with van der Waals surface area (Å²) in [6, 6.07) is 45.9. The smallest absolute Gasteiger partial charge is 0.254 e. The number of fused-ring (bicyclic) bond motifs is 1. The lowest BCUT2D eigenvalue weighted by Gasteiger charge is -2.27. The van der Waals surface area contributed by atoms with Crippen LogP contribution in [-0.4, -0.2) is 27.5 Å². The maximum absolute atomic E-state index is 14.7. The van der Waals surface area contributed by atoms with E-state index in [9.17, 15) is 4.79 Å². The summed E-state index contributed by atoms with van der Waals surface area (Å²) < 4.78 is 7.81. The summed E-state index contributed by atoms with van der Waals surface area (Å²) in [5.74, 6) is 1.76. The van der Waals surface area contributed by atoms with E-state index in [1.54, 1.807) is 7.11 Å². The highest BCUT2D eigenvalue weighted by molar-refractivity contribution is 5.95. The van der Waals surface area contributed by atoms with Crippen LogP contribution < -0.4 is 4.74 Å². The molecule has 47 heavy (non-hydrogen) atoms. The first-order valence-electron chi connectivity index (χ1n) is 16.4.